The van der Waals surface area contributed by atoms with Crippen molar-refractivity contribution in [2.75, 3.05) is 39.5 Å². The van der Waals surface area contributed by atoms with Crippen LogP contribution in [0, 0.1) is 0 Å². The monoisotopic (exact) mass is 438 g/mol. The highest BCUT2D eigenvalue weighted by molar-refractivity contribution is 7.18. The largest absolute Gasteiger partial charge is 0.454 e. The number of ether oxygens (including phenoxy) is 2. The highest BCUT2D eigenvalue weighted by Gasteiger charge is 2.23. The summed E-state index contributed by atoms with van der Waals surface area (Å²) in [5.74, 6) is 0.787. The number of nitrogens with zero attached hydrogens (tertiary/aromatic N) is 3. The molecule has 0 aliphatic carbocycles. The van der Waals surface area contributed by atoms with E-state index < -0.39 is 0 Å². The SMILES string of the molecule is O=C(NCC(=O)N1CCN(Cc2nc3ccccc3s2)CC1)c1ccc2c(c1)OCO2. The number of benzene rings is 2. The van der Waals surface area contributed by atoms with Gasteiger partial charge in [-0.2, -0.15) is 0 Å². The van der Waals surface area contributed by atoms with Crippen LogP contribution >= 0.6 is 11.3 Å². The maximum Gasteiger partial charge on any atom is 0.251 e. The van der Waals surface area contributed by atoms with Crippen LogP contribution in [-0.4, -0.2) is 66.1 Å². The minimum Gasteiger partial charge on any atom is -0.454 e. The zero-order valence-electron chi connectivity index (χ0n) is 16.9. The van der Waals surface area contributed by atoms with Crippen molar-refractivity contribution >= 4 is 33.4 Å². The molecule has 0 spiro atoms. The van der Waals surface area contributed by atoms with Crippen molar-refractivity contribution in [1.82, 2.24) is 20.1 Å². The third-order valence-electron chi connectivity index (χ3n) is 5.46. The summed E-state index contributed by atoms with van der Waals surface area (Å²) in [4.78, 5) is 33.7. The summed E-state index contributed by atoms with van der Waals surface area (Å²) in [6.45, 7) is 3.79. The van der Waals surface area contributed by atoms with Crippen LogP contribution < -0.4 is 14.8 Å². The molecule has 1 fully saturated rings. The van der Waals surface area contributed by atoms with Gasteiger partial charge in [-0.1, -0.05) is 12.1 Å². The first-order chi connectivity index (χ1) is 15.2. The van der Waals surface area contributed by atoms with Gasteiger partial charge in [-0.05, 0) is 30.3 Å². The first-order valence-electron chi connectivity index (χ1n) is 10.2. The minimum absolute atomic E-state index is 0.0227. The zero-order chi connectivity index (χ0) is 21.2. The van der Waals surface area contributed by atoms with E-state index in [2.05, 4.69) is 16.3 Å². The van der Waals surface area contributed by atoms with E-state index in [1.54, 1.807) is 34.4 Å². The van der Waals surface area contributed by atoms with Crippen LogP contribution in [0.3, 0.4) is 0 Å². The highest BCUT2D eigenvalue weighted by atomic mass is 32.1. The Hall–Kier alpha value is -3.17. The van der Waals surface area contributed by atoms with Crippen molar-refractivity contribution in [3.05, 3.63) is 53.0 Å². The lowest BCUT2D eigenvalue weighted by atomic mass is 10.2. The molecule has 3 heterocycles. The van der Waals surface area contributed by atoms with Gasteiger partial charge in [0.1, 0.15) is 5.01 Å². The second kappa shape index (κ2) is 8.52. The van der Waals surface area contributed by atoms with E-state index in [1.807, 2.05) is 18.2 Å². The first-order valence-corrected chi connectivity index (χ1v) is 11.0. The lowest BCUT2D eigenvalue weighted by molar-refractivity contribution is -0.131. The van der Waals surface area contributed by atoms with Crippen LogP contribution in [0.4, 0.5) is 0 Å². The van der Waals surface area contributed by atoms with Crippen molar-refractivity contribution in [3.63, 3.8) is 0 Å². The number of thiazole rings is 1. The fourth-order valence-corrected chi connectivity index (χ4v) is 4.75. The number of rotatable bonds is 5. The molecule has 2 aromatic carbocycles. The number of carbonyl (C=O) groups excluding carboxylic acids is 2. The Morgan fingerprint density at radius 1 is 1.03 bits per heavy atom. The molecule has 0 radical (unpaired) electrons. The van der Waals surface area contributed by atoms with E-state index in [-0.39, 0.29) is 25.2 Å². The predicted octanol–water partition coefficient (Wildman–Crippen LogP) is 2.10. The molecule has 2 aliphatic rings. The number of fused-ring (bicyclic) bond motifs is 2. The zero-order valence-corrected chi connectivity index (χ0v) is 17.7. The summed E-state index contributed by atoms with van der Waals surface area (Å²) < 4.78 is 11.7. The Kier molecular flexibility index (Phi) is 5.44. The summed E-state index contributed by atoms with van der Waals surface area (Å²) in [6, 6.07) is 13.1. The van der Waals surface area contributed by atoms with Gasteiger partial charge in [-0.3, -0.25) is 14.5 Å². The molecular formula is C22H22N4O4S. The van der Waals surface area contributed by atoms with Crippen LogP contribution in [0.15, 0.2) is 42.5 Å². The van der Waals surface area contributed by atoms with Gasteiger partial charge < -0.3 is 19.7 Å². The van der Waals surface area contributed by atoms with Gasteiger partial charge in [-0.25, -0.2) is 4.98 Å². The number of hydrogen-bond donors (Lipinski definition) is 1. The number of para-hydroxylation sites is 1. The maximum atomic E-state index is 12.5. The molecule has 0 bridgehead atoms. The van der Waals surface area contributed by atoms with E-state index in [9.17, 15) is 9.59 Å². The molecule has 2 amide bonds. The van der Waals surface area contributed by atoms with E-state index >= 15 is 0 Å². The lowest BCUT2D eigenvalue weighted by Crippen LogP contribution is -2.50. The summed E-state index contributed by atoms with van der Waals surface area (Å²) in [5, 5.41) is 3.80. The van der Waals surface area contributed by atoms with E-state index in [0.717, 1.165) is 30.2 Å². The second-order valence-corrected chi connectivity index (χ2v) is 8.60. The molecule has 9 heteroatoms. The Labute approximate surface area is 183 Å². The molecule has 0 saturated carbocycles. The maximum absolute atomic E-state index is 12.5. The van der Waals surface area contributed by atoms with Gasteiger partial charge in [-0.15, -0.1) is 11.3 Å². The lowest BCUT2D eigenvalue weighted by Gasteiger charge is -2.34. The molecule has 8 nitrogen and oxygen atoms in total. The van der Waals surface area contributed by atoms with Gasteiger partial charge in [0.2, 0.25) is 12.7 Å². The van der Waals surface area contributed by atoms with Gasteiger partial charge in [0, 0.05) is 31.7 Å². The number of hydrogen-bond acceptors (Lipinski definition) is 7. The number of nitrogens with one attached hydrogen (secondary N) is 1. The molecule has 0 atom stereocenters. The number of carbonyl (C=O) groups is 2. The summed E-state index contributed by atoms with van der Waals surface area (Å²) in [6.07, 6.45) is 0. The molecule has 5 rings (SSSR count). The first kappa shape index (κ1) is 19.8. The fourth-order valence-electron chi connectivity index (χ4n) is 3.74. The van der Waals surface area contributed by atoms with E-state index in [4.69, 9.17) is 14.5 Å². The van der Waals surface area contributed by atoms with Crippen LogP contribution in [0.1, 0.15) is 15.4 Å². The second-order valence-electron chi connectivity index (χ2n) is 7.48. The standard InChI is InChI=1S/C22H22N4O4S/c27-21(12-23-22(28)15-5-6-17-18(11-15)30-14-29-17)26-9-7-25(8-10-26)13-20-24-16-3-1-2-4-19(16)31-20/h1-6,11H,7-10,12-14H2,(H,23,28). The van der Waals surface area contributed by atoms with Crippen LogP contribution in [0.2, 0.25) is 0 Å². The van der Waals surface area contributed by atoms with Crippen molar-refractivity contribution in [1.29, 1.82) is 0 Å². The third kappa shape index (κ3) is 4.33. The van der Waals surface area contributed by atoms with Gasteiger partial charge >= 0.3 is 0 Å². The van der Waals surface area contributed by atoms with Crippen molar-refractivity contribution in [2.45, 2.75) is 6.54 Å². The highest BCUT2D eigenvalue weighted by Crippen LogP contribution is 2.32. The Bertz CT molecular complexity index is 1090. The fraction of sp³-hybridized carbons (Fsp3) is 0.318. The quantitative estimate of drug-likeness (QED) is 0.657. The normalized spacial score (nSPS) is 15.9. The molecule has 2 aliphatic heterocycles. The molecular weight excluding hydrogens is 416 g/mol. The predicted molar refractivity (Wildman–Crippen MR) is 116 cm³/mol. The van der Waals surface area contributed by atoms with Gasteiger partial charge in [0.25, 0.3) is 5.91 Å². The number of amides is 2. The Morgan fingerprint density at radius 2 is 1.84 bits per heavy atom. The average molecular weight is 439 g/mol. The molecule has 1 aromatic heterocycles. The summed E-state index contributed by atoms with van der Waals surface area (Å²) in [7, 11) is 0. The molecule has 160 valence electrons. The van der Waals surface area contributed by atoms with Crippen molar-refractivity contribution in [3.8, 4) is 11.5 Å². The molecule has 1 saturated heterocycles. The van der Waals surface area contributed by atoms with E-state index in [0.29, 0.717) is 30.2 Å². The van der Waals surface area contributed by atoms with Crippen LogP contribution in [0.5, 0.6) is 11.5 Å². The van der Waals surface area contributed by atoms with Crippen molar-refractivity contribution in [2.24, 2.45) is 0 Å². The summed E-state index contributed by atoms with van der Waals surface area (Å²) >= 11 is 1.72. The number of piperazine rings is 1. The van der Waals surface area contributed by atoms with Crippen LogP contribution in [0.25, 0.3) is 10.2 Å². The minimum atomic E-state index is -0.305. The van der Waals surface area contributed by atoms with E-state index in [1.165, 1.54) is 4.70 Å². The topological polar surface area (TPSA) is 84.0 Å². The summed E-state index contributed by atoms with van der Waals surface area (Å²) in [5.41, 5.74) is 1.48. The molecule has 31 heavy (non-hydrogen) atoms. The van der Waals surface area contributed by atoms with Crippen LogP contribution in [-0.2, 0) is 11.3 Å². The molecule has 3 aromatic rings. The van der Waals surface area contributed by atoms with Gasteiger partial charge in [0.15, 0.2) is 11.5 Å². The average Bonchev–Trinajstić information content (AvgIpc) is 3.43. The van der Waals surface area contributed by atoms with Gasteiger partial charge in [0.05, 0.1) is 23.3 Å². The smallest absolute Gasteiger partial charge is 0.251 e. The molecule has 0 unspecified atom stereocenters. The number of aromatic nitrogens is 1. The Balaban J connectivity index is 1.09. The Morgan fingerprint density at radius 3 is 2.68 bits per heavy atom. The third-order valence-corrected chi connectivity index (χ3v) is 6.48. The molecule has 1 N–H and O–H groups in total. The van der Waals surface area contributed by atoms with Crippen molar-refractivity contribution < 1.29 is 19.1 Å².